The van der Waals surface area contributed by atoms with Crippen molar-refractivity contribution in [3.05, 3.63) is 57.5 Å². The summed E-state index contributed by atoms with van der Waals surface area (Å²) in [5, 5.41) is 13.4. The molecule has 0 saturated carbocycles. The van der Waals surface area contributed by atoms with Gasteiger partial charge in [-0.25, -0.2) is 0 Å². The molecule has 23 heavy (non-hydrogen) atoms. The van der Waals surface area contributed by atoms with Crippen molar-refractivity contribution in [2.24, 2.45) is 0 Å². The van der Waals surface area contributed by atoms with E-state index >= 15 is 0 Å². The van der Waals surface area contributed by atoms with E-state index in [1.54, 1.807) is 36.4 Å². The number of amides is 1. The zero-order chi connectivity index (χ0) is 16.7. The molecule has 120 valence electrons. The zero-order valence-corrected chi connectivity index (χ0v) is 13.3. The Morgan fingerprint density at radius 1 is 1.30 bits per heavy atom. The van der Waals surface area contributed by atoms with Gasteiger partial charge in [-0.05, 0) is 42.8 Å². The first-order valence-electron chi connectivity index (χ1n) is 7.04. The van der Waals surface area contributed by atoms with Crippen LogP contribution >= 0.6 is 11.3 Å². The van der Waals surface area contributed by atoms with E-state index in [2.05, 4.69) is 5.32 Å². The Hall–Kier alpha value is -2.67. The number of rotatable bonds is 7. The lowest BCUT2D eigenvalue weighted by Crippen LogP contribution is -2.07. The van der Waals surface area contributed by atoms with Gasteiger partial charge < -0.3 is 10.1 Å². The minimum atomic E-state index is -0.454. The quantitative estimate of drug-likeness (QED) is 0.470. The number of anilines is 1. The van der Waals surface area contributed by atoms with Gasteiger partial charge in [-0.1, -0.05) is 18.3 Å². The highest BCUT2D eigenvalue weighted by molar-refractivity contribution is 7.16. The lowest BCUT2D eigenvalue weighted by molar-refractivity contribution is -0.380. The Morgan fingerprint density at radius 3 is 2.65 bits per heavy atom. The first-order chi connectivity index (χ1) is 11.1. The van der Waals surface area contributed by atoms with E-state index in [4.69, 9.17) is 4.74 Å². The second-order valence-electron chi connectivity index (χ2n) is 4.63. The van der Waals surface area contributed by atoms with Gasteiger partial charge in [-0.15, -0.1) is 0 Å². The monoisotopic (exact) mass is 332 g/mol. The maximum absolute atomic E-state index is 11.8. The minimum absolute atomic E-state index is 0.0488. The second kappa shape index (κ2) is 8.09. The Morgan fingerprint density at radius 2 is 2.04 bits per heavy atom. The van der Waals surface area contributed by atoms with Gasteiger partial charge in [-0.2, -0.15) is 0 Å². The third kappa shape index (κ3) is 5.23. The number of benzene rings is 1. The van der Waals surface area contributed by atoms with Crippen molar-refractivity contribution in [3.8, 4) is 5.75 Å². The lowest BCUT2D eigenvalue weighted by atomic mass is 10.3. The number of hydrogen-bond donors (Lipinski definition) is 1. The SMILES string of the molecule is CCCOc1ccc(NC(=O)/C=C/c2ccc([N+](=O)[O-])s2)cc1. The highest BCUT2D eigenvalue weighted by Crippen LogP contribution is 2.24. The number of ether oxygens (including phenoxy) is 1. The van der Waals surface area contributed by atoms with Crippen molar-refractivity contribution < 1.29 is 14.5 Å². The van der Waals surface area contributed by atoms with Gasteiger partial charge in [0.25, 0.3) is 0 Å². The van der Waals surface area contributed by atoms with Crippen molar-refractivity contribution in [2.75, 3.05) is 11.9 Å². The van der Waals surface area contributed by atoms with E-state index in [0.717, 1.165) is 23.5 Å². The van der Waals surface area contributed by atoms with Gasteiger partial charge in [0.05, 0.1) is 11.5 Å². The van der Waals surface area contributed by atoms with Crippen LogP contribution in [0.5, 0.6) is 5.75 Å². The van der Waals surface area contributed by atoms with Crippen LogP contribution in [-0.4, -0.2) is 17.4 Å². The summed E-state index contributed by atoms with van der Waals surface area (Å²) in [6.07, 6.45) is 3.83. The van der Waals surface area contributed by atoms with Crippen LogP contribution in [0.15, 0.2) is 42.5 Å². The summed E-state index contributed by atoms with van der Waals surface area (Å²) < 4.78 is 5.46. The summed E-state index contributed by atoms with van der Waals surface area (Å²) in [5.74, 6) is 0.453. The van der Waals surface area contributed by atoms with Crippen molar-refractivity contribution in [2.45, 2.75) is 13.3 Å². The van der Waals surface area contributed by atoms with Crippen LogP contribution in [0, 0.1) is 10.1 Å². The standard InChI is InChI=1S/C16H16N2O4S/c1-2-11-22-13-5-3-12(4-6-13)17-15(19)9-7-14-8-10-16(23-14)18(20)21/h3-10H,2,11H2,1H3,(H,17,19)/b9-7+. The van der Waals surface area contributed by atoms with Crippen LogP contribution in [0.4, 0.5) is 10.7 Å². The van der Waals surface area contributed by atoms with Crippen LogP contribution < -0.4 is 10.1 Å². The molecule has 1 N–H and O–H groups in total. The Kier molecular flexibility index (Phi) is 5.87. The third-order valence-corrected chi connectivity index (χ3v) is 3.79. The molecule has 0 radical (unpaired) electrons. The Balaban J connectivity index is 1.90. The fourth-order valence-corrected chi connectivity index (χ4v) is 2.45. The van der Waals surface area contributed by atoms with Crippen LogP contribution in [0.25, 0.3) is 6.08 Å². The third-order valence-electron chi connectivity index (χ3n) is 2.79. The van der Waals surface area contributed by atoms with Gasteiger partial charge in [0.1, 0.15) is 5.75 Å². The highest BCUT2D eigenvalue weighted by atomic mass is 32.1. The van der Waals surface area contributed by atoms with Crippen molar-refractivity contribution in [1.29, 1.82) is 0 Å². The zero-order valence-electron chi connectivity index (χ0n) is 12.5. The van der Waals surface area contributed by atoms with Gasteiger partial charge in [0, 0.05) is 22.7 Å². The van der Waals surface area contributed by atoms with E-state index in [1.165, 1.54) is 12.1 Å². The van der Waals surface area contributed by atoms with Crippen LogP contribution in [-0.2, 0) is 4.79 Å². The summed E-state index contributed by atoms with van der Waals surface area (Å²) in [6.45, 7) is 2.69. The molecular formula is C16H16N2O4S. The molecule has 2 rings (SSSR count). The molecule has 0 unspecified atom stereocenters. The summed E-state index contributed by atoms with van der Waals surface area (Å²) in [4.78, 5) is 22.6. The molecule has 0 aliphatic carbocycles. The molecule has 6 nitrogen and oxygen atoms in total. The van der Waals surface area contributed by atoms with E-state index in [1.807, 2.05) is 6.92 Å². The molecule has 0 aliphatic heterocycles. The van der Waals surface area contributed by atoms with Crippen LogP contribution in [0.2, 0.25) is 0 Å². The normalized spacial score (nSPS) is 10.7. The first-order valence-corrected chi connectivity index (χ1v) is 7.86. The molecule has 0 aliphatic rings. The van der Waals surface area contributed by atoms with Gasteiger partial charge in [-0.3, -0.25) is 14.9 Å². The van der Waals surface area contributed by atoms with E-state index in [0.29, 0.717) is 17.2 Å². The van der Waals surface area contributed by atoms with Crippen LogP contribution in [0.3, 0.4) is 0 Å². The maximum atomic E-state index is 11.8. The number of nitrogens with zero attached hydrogens (tertiary/aromatic N) is 1. The molecular weight excluding hydrogens is 316 g/mol. The number of hydrogen-bond acceptors (Lipinski definition) is 5. The van der Waals surface area contributed by atoms with Gasteiger partial charge in [0.2, 0.25) is 5.91 Å². The number of carbonyl (C=O) groups is 1. The van der Waals surface area contributed by atoms with Crippen molar-refractivity contribution in [3.63, 3.8) is 0 Å². The Bertz CT molecular complexity index is 707. The first kappa shape index (κ1) is 16.7. The molecule has 1 aromatic carbocycles. The average Bonchev–Trinajstić information content (AvgIpc) is 3.01. The van der Waals surface area contributed by atoms with Gasteiger partial charge in [0.15, 0.2) is 0 Å². The molecule has 0 atom stereocenters. The van der Waals surface area contributed by atoms with Crippen LogP contribution in [0.1, 0.15) is 18.2 Å². The maximum Gasteiger partial charge on any atom is 0.324 e. The summed E-state index contributed by atoms with van der Waals surface area (Å²) in [7, 11) is 0. The molecule has 1 amide bonds. The number of nitrogens with one attached hydrogen (secondary N) is 1. The second-order valence-corrected chi connectivity index (χ2v) is 5.72. The molecule has 0 saturated heterocycles. The minimum Gasteiger partial charge on any atom is -0.494 e. The number of nitro groups is 1. The molecule has 1 aromatic heterocycles. The molecule has 0 fully saturated rings. The summed E-state index contributed by atoms with van der Waals surface area (Å²) in [6, 6.07) is 10.1. The number of carbonyl (C=O) groups excluding carboxylic acids is 1. The van der Waals surface area contributed by atoms with E-state index < -0.39 is 4.92 Å². The number of thiophene rings is 1. The predicted molar refractivity (Wildman–Crippen MR) is 90.9 cm³/mol. The Labute approximate surface area is 137 Å². The highest BCUT2D eigenvalue weighted by Gasteiger charge is 2.08. The molecule has 1 heterocycles. The lowest BCUT2D eigenvalue weighted by Gasteiger charge is -2.06. The molecule has 2 aromatic rings. The summed E-state index contributed by atoms with van der Waals surface area (Å²) in [5.41, 5.74) is 0.653. The van der Waals surface area contributed by atoms with Crippen molar-refractivity contribution >= 4 is 34.0 Å². The molecule has 0 bridgehead atoms. The topological polar surface area (TPSA) is 81.5 Å². The molecule has 7 heteroatoms. The van der Waals surface area contributed by atoms with E-state index in [9.17, 15) is 14.9 Å². The fraction of sp³-hybridized carbons (Fsp3) is 0.188. The fourth-order valence-electron chi connectivity index (χ4n) is 1.73. The largest absolute Gasteiger partial charge is 0.494 e. The average molecular weight is 332 g/mol. The predicted octanol–water partition coefficient (Wildman–Crippen LogP) is 4.10. The van der Waals surface area contributed by atoms with Crippen molar-refractivity contribution in [1.82, 2.24) is 0 Å². The molecule has 0 spiro atoms. The van der Waals surface area contributed by atoms with Gasteiger partial charge >= 0.3 is 5.00 Å². The van der Waals surface area contributed by atoms with E-state index in [-0.39, 0.29) is 10.9 Å². The smallest absolute Gasteiger partial charge is 0.324 e. The summed E-state index contributed by atoms with van der Waals surface area (Å²) >= 11 is 1.02.